The summed E-state index contributed by atoms with van der Waals surface area (Å²) in [5.74, 6) is 1.22. The first-order chi connectivity index (χ1) is 12.3. The van der Waals surface area contributed by atoms with Crippen LogP contribution >= 0.6 is 0 Å². The molecule has 0 aliphatic carbocycles. The quantitative estimate of drug-likeness (QED) is 0.772. The molecule has 1 saturated heterocycles. The normalized spacial score (nSPS) is 17.4. The number of anilines is 1. The number of nitrogens with zero attached hydrogens (tertiary/aromatic N) is 4. The number of rotatable bonds is 3. The summed E-state index contributed by atoms with van der Waals surface area (Å²) in [6.07, 6.45) is 9.09. The first kappa shape index (κ1) is 15.4. The molecule has 4 rings (SSSR count). The number of carbonyl (C=O) groups excluding carboxylic acids is 1. The van der Waals surface area contributed by atoms with E-state index >= 15 is 0 Å². The monoisotopic (exact) mass is 336 g/mol. The highest BCUT2D eigenvalue weighted by Crippen LogP contribution is 2.24. The number of urea groups is 1. The number of hydrogen-bond donors (Lipinski definition) is 2. The van der Waals surface area contributed by atoms with Gasteiger partial charge in [0.05, 0.1) is 23.8 Å². The van der Waals surface area contributed by atoms with Crippen molar-refractivity contribution in [3.63, 3.8) is 0 Å². The van der Waals surface area contributed by atoms with Gasteiger partial charge in [-0.15, -0.1) is 0 Å². The van der Waals surface area contributed by atoms with Gasteiger partial charge < -0.3 is 15.2 Å². The molecular formula is C18H20N6O. The van der Waals surface area contributed by atoms with Crippen molar-refractivity contribution in [1.29, 1.82) is 0 Å². The van der Waals surface area contributed by atoms with Crippen LogP contribution < -0.4 is 5.32 Å². The highest BCUT2D eigenvalue weighted by atomic mass is 16.2. The number of H-pyrrole nitrogens is 1. The molecule has 0 saturated carbocycles. The lowest BCUT2D eigenvalue weighted by Crippen LogP contribution is -2.41. The summed E-state index contributed by atoms with van der Waals surface area (Å²) in [6, 6.07) is 9.72. The van der Waals surface area contributed by atoms with Crippen molar-refractivity contribution in [2.45, 2.75) is 18.8 Å². The van der Waals surface area contributed by atoms with Crippen LogP contribution in [0.15, 0.2) is 55.1 Å². The maximum Gasteiger partial charge on any atom is 0.321 e. The molecule has 1 aliphatic heterocycles. The second kappa shape index (κ2) is 6.80. The van der Waals surface area contributed by atoms with Gasteiger partial charge in [-0.05, 0) is 25.0 Å². The number of para-hydroxylation sites is 1. The highest BCUT2D eigenvalue weighted by molar-refractivity contribution is 5.89. The number of carbonyl (C=O) groups is 1. The first-order valence-electron chi connectivity index (χ1n) is 8.45. The van der Waals surface area contributed by atoms with E-state index < -0.39 is 0 Å². The molecule has 7 heteroatoms. The minimum atomic E-state index is -0.0936. The average molecular weight is 336 g/mol. The van der Waals surface area contributed by atoms with Gasteiger partial charge in [-0.2, -0.15) is 5.10 Å². The van der Waals surface area contributed by atoms with Crippen LogP contribution in [0.4, 0.5) is 10.5 Å². The van der Waals surface area contributed by atoms with E-state index in [0.717, 1.165) is 30.9 Å². The molecule has 3 aromatic rings. The molecule has 0 radical (unpaired) electrons. The zero-order valence-electron chi connectivity index (χ0n) is 13.8. The molecule has 7 nitrogen and oxygen atoms in total. The summed E-state index contributed by atoms with van der Waals surface area (Å²) in [6.45, 7) is 1.43. The molecule has 2 amide bonds. The largest absolute Gasteiger partial charge is 0.348 e. The Labute approximate surface area is 145 Å². The fourth-order valence-corrected chi connectivity index (χ4v) is 3.20. The summed E-state index contributed by atoms with van der Waals surface area (Å²) >= 11 is 0. The Morgan fingerprint density at radius 3 is 2.96 bits per heavy atom. The summed E-state index contributed by atoms with van der Waals surface area (Å²) in [7, 11) is 0. The van der Waals surface area contributed by atoms with Crippen LogP contribution in [0.2, 0.25) is 0 Å². The third-order valence-corrected chi connectivity index (χ3v) is 4.47. The number of imidazole rings is 1. The molecule has 3 heterocycles. The SMILES string of the molecule is O=C(Nc1cnn(-c2ccccc2)c1)N1CCCC(c2ncc[nH]2)C1. The maximum atomic E-state index is 12.6. The Kier molecular flexibility index (Phi) is 4.20. The molecule has 2 aromatic heterocycles. The second-order valence-corrected chi connectivity index (χ2v) is 6.20. The Balaban J connectivity index is 1.41. The van der Waals surface area contributed by atoms with Crippen LogP contribution in [-0.2, 0) is 0 Å². The second-order valence-electron chi connectivity index (χ2n) is 6.20. The number of nitrogens with one attached hydrogen (secondary N) is 2. The molecule has 2 N–H and O–H groups in total. The van der Waals surface area contributed by atoms with Crippen LogP contribution in [0.3, 0.4) is 0 Å². The minimum absolute atomic E-state index is 0.0936. The van der Waals surface area contributed by atoms with Gasteiger partial charge in [0.1, 0.15) is 5.82 Å². The van der Waals surface area contributed by atoms with Crippen molar-refractivity contribution in [1.82, 2.24) is 24.6 Å². The number of hydrogen-bond acceptors (Lipinski definition) is 3. The number of benzene rings is 1. The third-order valence-electron chi connectivity index (χ3n) is 4.47. The Hall–Kier alpha value is -3.09. The zero-order chi connectivity index (χ0) is 17.1. The Morgan fingerprint density at radius 2 is 2.16 bits per heavy atom. The number of aromatic nitrogens is 4. The molecule has 1 fully saturated rings. The van der Waals surface area contributed by atoms with Crippen LogP contribution in [0.1, 0.15) is 24.6 Å². The average Bonchev–Trinajstić information content (AvgIpc) is 3.35. The van der Waals surface area contributed by atoms with E-state index in [4.69, 9.17) is 0 Å². The molecule has 1 aliphatic rings. The van der Waals surface area contributed by atoms with Crippen molar-refractivity contribution < 1.29 is 4.79 Å². The van der Waals surface area contributed by atoms with Crippen molar-refractivity contribution >= 4 is 11.7 Å². The first-order valence-corrected chi connectivity index (χ1v) is 8.45. The van der Waals surface area contributed by atoms with E-state index in [1.54, 1.807) is 17.1 Å². The lowest BCUT2D eigenvalue weighted by molar-refractivity contribution is 0.191. The molecule has 0 bridgehead atoms. The van der Waals surface area contributed by atoms with Crippen molar-refractivity contribution in [2.24, 2.45) is 0 Å². The van der Waals surface area contributed by atoms with Gasteiger partial charge in [0.2, 0.25) is 0 Å². The van der Waals surface area contributed by atoms with Gasteiger partial charge in [-0.1, -0.05) is 18.2 Å². The van der Waals surface area contributed by atoms with E-state index in [-0.39, 0.29) is 11.9 Å². The third kappa shape index (κ3) is 3.40. The lowest BCUT2D eigenvalue weighted by atomic mass is 9.98. The smallest absolute Gasteiger partial charge is 0.321 e. The van der Waals surface area contributed by atoms with E-state index in [0.29, 0.717) is 12.2 Å². The van der Waals surface area contributed by atoms with Crippen LogP contribution in [0.25, 0.3) is 5.69 Å². The topological polar surface area (TPSA) is 78.8 Å². The molecule has 25 heavy (non-hydrogen) atoms. The van der Waals surface area contributed by atoms with Crippen molar-refractivity contribution in [3.05, 3.63) is 60.9 Å². The predicted octanol–water partition coefficient (Wildman–Crippen LogP) is 3.01. The van der Waals surface area contributed by atoms with Crippen LogP contribution in [0.5, 0.6) is 0 Å². The number of likely N-dealkylation sites (tertiary alicyclic amines) is 1. The van der Waals surface area contributed by atoms with Crippen molar-refractivity contribution in [2.75, 3.05) is 18.4 Å². The van der Waals surface area contributed by atoms with E-state index in [9.17, 15) is 4.79 Å². The highest BCUT2D eigenvalue weighted by Gasteiger charge is 2.26. The Morgan fingerprint density at radius 1 is 1.28 bits per heavy atom. The molecular weight excluding hydrogens is 316 g/mol. The predicted molar refractivity (Wildman–Crippen MR) is 94.7 cm³/mol. The van der Waals surface area contributed by atoms with Gasteiger partial charge >= 0.3 is 6.03 Å². The van der Waals surface area contributed by atoms with Crippen molar-refractivity contribution in [3.8, 4) is 5.69 Å². The standard InChI is InChI=1S/C18H20N6O/c25-18(23-10-4-5-14(12-23)17-19-8-9-20-17)22-15-11-21-24(13-15)16-6-2-1-3-7-16/h1-3,6-9,11,13-14H,4-5,10,12H2,(H,19,20)(H,22,25). The van der Waals surface area contributed by atoms with E-state index in [1.807, 2.05) is 47.6 Å². The number of aromatic amines is 1. The van der Waals surface area contributed by atoms with Gasteiger partial charge in [-0.25, -0.2) is 14.5 Å². The van der Waals surface area contributed by atoms with Gasteiger partial charge in [0.25, 0.3) is 0 Å². The fraction of sp³-hybridized carbons (Fsp3) is 0.278. The summed E-state index contributed by atoms with van der Waals surface area (Å²) in [5, 5.41) is 7.25. The van der Waals surface area contributed by atoms with Gasteiger partial charge in [0, 0.05) is 31.4 Å². The van der Waals surface area contributed by atoms with E-state index in [1.165, 1.54) is 0 Å². The molecule has 1 aromatic carbocycles. The van der Waals surface area contributed by atoms with Crippen LogP contribution in [-0.4, -0.2) is 43.8 Å². The Bertz CT molecular complexity index is 826. The van der Waals surface area contributed by atoms with Gasteiger partial charge in [-0.3, -0.25) is 0 Å². The van der Waals surface area contributed by atoms with E-state index in [2.05, 4.69) is 20.4 Å². The zero-order valence-corrected chi connectivity index (χ0v) is 13.8. The summed E-state index contributed by atoms with van der Waals surface area (Å²) in [5.41, 5.74) is 1.65. The van der Waals surface area contributed by atoms with Gasteiger partial charge in [0.15, 0.2) is 0 Å². The molecule has 128 valence electrons. The number of piperidine rings is 1. The number of amides is 2. The minimum Gasteiger partial charge on any atom is -0.348 e. The summed E-state index contributed by atoms with van der Waals surface area (Å²) < 4.78 is 1.75. The fourth-order valence-electron chi connectivity index (χ4n) is 3.20. The maximum absolute atomic E-state index is 12.6. The molecule has 0 spiro atoms. The molecule has 1 unspecified atom stereocenters. The summed E-state index contributed by atoms with van der Waals surface area (Å²) in [4.78, 5) is 21.9. The van der Waals surface area contributed by atoms with Crippen LogP contribution in [0, 0.1) is 0 Å². The molecule has 1 atom stereocenters. The lowest BCUT2D eigenvalue weighted by Gasteiger charge is -2.31.